The third-order valence-corrected chi connectivity index (χ3v) is 4.23. The molecule has 0 unspecified atom stereocenters. The van der Waals surface area contributed by atoms with Crippen LogP contribution in [0.2, 0.25) is 0 Å². The van der Waals surface area contributed by atoms with Crippen LogP contribution in [0.5, 0.6) is 0 Å². The minimum Gasteiger partial charge on any atom is -0.458 e. The zero-order valence-corrected chi connectivity index (χ0v) is 12.3. The molecule has 3 atom stereocenters. The van der Waals surface area contributed by atoms with Gasteiger partial charge in [0.15, 0.2) is 6.10 Å². The van der Waals surface area contributed by atoms with Crippen LogP contribution in [0.15, 0.2) is 9.66 Å². The summed E-state index contributed by atoms with van der Waals surface area (Å²) in [7, 11) is 0. The van der Waals surface area contributed by atoms with E-state index in [2.05, 4.69) is 28.5 Å². The van der Waals surface area contributed by atoms with Gasteiger partial charge in [-0.3, -0.25) is 4.79 Å². The van der Waals surface area contributed by atoms with Crippen molar-refractivity contribution in [3.8, 4) is 12.3 Å². The van der Waals surface area contributed by atoms with Gasteiger partial charge < -0.3 is 9.47 Å². The molecule has 1 aliphatic heterocycles. The molecule has 1 saturated heterocycles. The number of carbonyl (C=O) groups is 1. The van der Waals surface area contributed by atoms with E-state index < -0.39 is 5.41 Å². The molecule has 92 valence electrons. The zero-order chi connectivity index (χ0) is 12.8. The van der Waals surface area contributed by atoms with Gasteiger partial charge in [0, 0.05) is 10.0 Å². The summed E-state index contributed by atoms with van der Waals surface area (Å²) in [6.07, 6.45) is 7.55. The van der Waals surface area contributed by atoms with Crippen LogP contribution in [-0.2, 0) is 14.3 Å². The van der Waals surface area contributed by atoms with E-state index >= 15 is 0 Å². The summed E-state index contributed by atoms with van der Waals surface area (Å²) in [5.41, 5.74) is -0.844. The Morgan fingerprint density at radius 2 is 2.35 bits per heavy atom. The Hall–Kier alpha value is -0.540. The average molecular weight is 346 g/mol. The lowest BCUT2D eigenvalue weighted by atomic mass is 9.97. The maximum absolute atomic E-state index is 11.8. The number of esters is 1. The van der Waals surface area contributed by atoms with Gasteiger partial charge in [0.1, 0.15) is 11.7 Å². The highest BCUT2D eigenvalue weighted by Crippen LogP contribution is 2.53. The fourth-order valence-electron chi connectivity index (χ4n) is 1.83. The average Bonchev–Trinajstić information content (AvgIpc) is 2.82. The van der Waals surface area contributed by atoms with Gasteiger partial charge in [0.2, 0.25) is 0 Å². The standard InChI is InChI=1S/C13H15IO3/c1-5-10-13(17-10)7-8(6-9(13)14)16-11(15)12(2,3)4/h1,6,8,10H,7H2,2-4H3/t8-,10+,13-/m1/s1. The summed E-state index contributed by atoms with van der Waals surface area (Å²) in [6, 6.07) is 0. The van der Waals surface area contributed by atoms with E-state index in [0.29, 0.717) is 6.42 Å². The van der Waals surface area contributed by atoms with E-state index in [0.717, 1.165) is 3.58 Å². The second-order valence-electron chi connectivity index (χ2n) is 5.47. The lowest BCUT2D eigenvalue weighted by molar-refractivity contribution is -0.156. The molecule has 0 aromatic carbocycles. The number of rotatable bonds is 1. The van der Waals surface area contributed by atoms with E-state index in [1.165, 1.54) is 0 Å². The smallest absolute Gasteiger partial charge is 0.311 e. The monoisotopic (exact) mass is 346 g/mol. The molecule has 1 fully saturated rings. The molecule has 2 rings (SSSR count). The Bertz CT molecular complexity index is 427. The van der Waals surface area contributed by atoms with Crippen molar-refractivity contribution in [2.75, 3.05) is 0 Å². The third kappa shape index (κ3) is 2.23. The van der Waals surface area contributed by atoms with Crippen molar-refractivity contribution < 1.29 is 14.3 Å². The van der Waals surface area contributed by atoms with E-state index in [9.17, 15) is 4.79 Å². The molecule has 0 aromatic rings. The predicted octanol–water partition coefficient (Wildman–Crippen LogP) is 2.44. The Kier molecular flexibility index (Phi) is 3.03. The van der Waals surface area contributed by atoms with Crippen molar-refractivity contribution in [1.29, 1.82) is 0 Å². The van der Waals surface area contributed by atoms with Crippen LogP contribution in [0.1, 0.15) is 27.2 Å². The summed E-state index contributed by atoms with van der Waals surface area (Å²) in [5.74, 6) is 2.40. The van der Waals surface area contributed by atoms with Crippen molar-refractivity contribution in [2.45, 2.75) is 45.0 Å². The first-order valence-corrected chi connectivity index (χ1v) is 6.60. The van der Waals surface area contributed by atoms with E-state index in [4.69, 9.17) is 15.9 Å². The van der Waals surface area contributed by atoms with Gasteiger partial charge in [-0.2, -0.15) is 0 Å². The van der Waals surface area contributed by atoms with E-state index in [1.807, 2.05) is 26.8 Å². The molecule has 2 aliphatic rings. The minimum atomic E-state index is -0.481. The minimum absolute atomic E-state index is 0.163. The number of halogens is 1. The first-order chi connectivity index (χ1) is 7.79. The van der Waals surface area contributed by atoms with Crippen molar-refractivity contribution in [2.24, 2.45) is 5.41 Å². The Morgan fingerprint density at radius 3 is 2.82 bits per heavy atom. The Balaban J connectivity index is 2.01. The number of hydrogen-bond acceptors (Lipinski definition) is 3. The number of ether oxygens (including phenoxy) is 2. The van der Waals surface area contributed by atoms with Gasteiger partial charge in [-0.25, -0.2) is 0 Å². The topological polar surface area (TPSA) is 38.8 Å². The molecule has 1 heterocycles. The van der Waals surface area contributed by atoms with Crippen molar-refractivity contribution >= 4 is 28.6 Å². The van der Waals surface area contributed by atoms with Gasteiger partial charge in [0.05, 0.1) is 5.41 Å². The molecule has 4 heteroatoms. The number of hydrogen-bond donors (Lipinski definition) is 0. The van der Waals surface area contributed by atoms with Crippen molar-refractivity contribution in [1.82, 2.24) is 0 Å². The molecule has 0 radical (unpaired) electrons. The van der Waals surface area contributed by atoms with E-state index in [-0.39, 0.29) is 23.8 Å². The van der Waals surface area contributed by atoms with Crippen LogP contribution in [0.25, 0.3) is 0 Å². The molecule has 1 aliphatic carbocycles. The van der Waals surface area contributed by atoms with Gasteiger partial charge >= 0.3 is 5.97 Å². The molecule has 0 aromatic heterocycles. The third-order valence-electron chi connectivity index (χ3n) is 2.96. The van der Waals surface area contributed by atoms with Gasteiger partial charge in [-0.1, -0.05) is 5.92 Å². The predicted molar refractivity (Wildman–Crippen MR) is 72.5 cm³/mol. The molecular weight excluding hydrogens is 331 g/mol. The van der Waals surface area contributed by atoms with Crippen LogP contribution < -0.4 is 0 Å². The fraction of sp³-hybridized carbons (Fsp3) is 0.615. The highest BCUT2D eigenvalue weighted by atomic mass is 127. The number of epoxide rings is 1. The van der Waals surface area contributed by atoms with Gasteiger partial charge in [-0.05, 0) is 49.4 Å². The van der Waals surface area contributed by atoms with Gasteiger partial charge in [-0.15, -0.1) is 6.42 Å². The van der Waals surface area contributed by atoms with Crippen molar-refractivity contribution in [3.05, 3.63) is 9.66 Å². The van der Waals surface area contributed by atoms with Crippen LogP contribution >= 0.6 is 22.6 Å². The summed E-state index contributed by atoms with van der Waals surface area (Å²) >= 11 is 2.21. The van der Waals surface area contributed by atoms with Crippen LogP contribution in [0.4, 0.5) is 0 Å². The number of carbonyl (C=O) groups excluding carboxylic acids is 1. The lowest BCUT2D eigenvalue weighted by Crippen LogP contribution is -2.28. The fourth-order valence-corrected chi connectivity index (χ4v) is 2.86. The van der Waals surface area contributed by atoms with E-state index in [1.54, 1.807) is 0 Å². The zero-order valence-electron chi connectivity index (χ0n) is 10.1. The first-order valence-electron chi connectivity index (χ1n) is 5.52. The quantitative estimate of drug-likeness (QED) is 0.317. The molecule has 0 saturated carbocycles. The first kappa shape index (κ1) is 12.9. The SMILES string of the molecule is C#C[C@@H]1O[C@@]12C[C@H](OC(=O)C(C)(C)C)C=C2I. The van der Waals surface area contributed by atoms with Crippen LogP contribution in [0.3, 0.4) is 0 Å². The van der Waals surface area contributed by atoms with Crippen LogP contribution in [-0.4, -0.2) is 23.8 Å². The molecule has 0 N–H and O–H groups in total. The maximum atomic E-state index is 11.8. The molecule has 3 nitrogen and oxygen atoms in total. The molecule has 17 heavy (non-hydrogen) atoms. The largest absolute Gasteiger partial charge is 0.458 e. The normalized spacial score (nSPS) is 35.4. The Labute approximate surface area is 115 Å². The van der Waals surface area contributed by atoms with Crippen molar-refractivity contribution in [3.63, 3.8) is 0 Å². The molecule has 0 amide bonds. The summed E-state index contributed by atoms with van der Waals surface area (Å²) in [4.78, 5) is 11.8. The maximum Gasteiger partial charge on any atom is 0.311 e. The highest BCUT2D eigenvalue weighted by Gasteiger charge is 2.62. The Morgan fingerprint density at radius 1 is 1.71 bits per heavy atom. The summed E-state index contributed by atoms with van der Waals surface area (Å²) in [6.45, 7) is 5.52. The molecular formula is C13H15IO3. The second-order valence-corrected chi connectivity index (χ2v) is 6.63. The second kappa shape index (κ2) is 3.99. The highest BCUT2D eigenvalue weighted by molar-refractivity contribution is 14.1. The lowest BCUT2D eigenvalue weighted by Gasteiger charge is -2.19. The molecule has 1 spiro atoms. The van der Waals surface area contributed by atoms with Gasteiger partial charge in [0.25, 0.3) is 0 Å². The van der Waals surface area contributed by atoms with Crippen LogP contribution in [0, 0.1) is 17.8 Å². The summed E-state index contributed by atoms with van der Waals surface area (Å²) < 4.78 is 12.0. The number of terminal acetylenes is 1. The summed E-state index contributed by atoms with van der Waals surface area (Å²) in [5, 5.41) is 0. The molecule has 0 bridgehead atoms.